The molecule has 7 nitrogen and oxygen atoms in total. The van der Waals surface area contributed by atoms with Crippen LogP contribution in [0.25, 0.3) is 0 Å². The van der Waals surface area contributed by atoms with Gasteiger partial charge in [0, 0.05) is 13.0 Å². The highest BCUT2D eigenvalue weighted by molar-refractivity contribution is 5.89. The molecule has 0 radical (unpaired) electrons. The van der Waals surface area contributed by atoms with Crippen molar-refractivity contribution < 1.29 is 19.5 Å². The van der Waals surface area contributed by atoms with Crippen LogP contribution in [-0.2, 0) is 9.59 Å². The van der Waals surface area contributed by atoms with Gasteiger partial charge in [0.25, 0.3) is 0 Å². The number of primary amides is 1. The monoisotopic (exact) mass is 287 g/mol. The molecule has 0 aromatic carbocycles. The van der Waals surface area contributed by atoms with Crippen LogP contribution in [0.15, 0.2) is 0 Å². The quantitative estimate of drug-likeness (QED) is 0.528. The molecule has 0 heterocycles. The second-order valence-corrected chi connectivity index (χ2v) is 6.18. The Morgan fingerprint density at radius 1 is 1.10 bits per heavy atom. The number of carboxylic acids is 1. The average molecular weight is 287 g/mol. The van der Waals surface area contributed by atoms with Crippen LogP contribution < -0.4 is 16.4 Å². The van der Waals surface area contributed by atoms with E-state index in [0.29, 0.717) is 19.4 Å². The summed E-state index contributed by atoms with van der Waals surface area (Å²) in [6.45, 7) is 7.33. The third-order valence-corrected chi connectivity index (χ3v) is 3.15. The van der Waals surface area contributed by atoms with Gasteiger partial charge in [0.15, 0.2) is 0 Å². The van der Waals surface area contributed by atoms with Gasteiger partial charge in [0.2, 0.25) is 5.91 Å². The normalized spacial score (nSPS) is 11.8. The Balaban J connectivity index is 4.08. The minimum Gasteiger partial charge on any atom is -0.481 e. The van der Waals surface area contributed by atoms with Crippen molar-refractivity contribution in [2.45, 2.75) is 52.5 Å². The number of hydrogen-bond acceptors (Lipinski definition) is 3. The fourth-order valence-electron chi connectivity index (χ4n) is 1.47. The number of carbonyl (C=O) groups excluding carboxylic acids is 2. The van der Waals surface area contributed by atoms with E-state index in [1.807, 2.05) is 13.8 Å². The molecule has 0 spiro atoms. The molecule has 0 atom stereocenters. The first-order valence-electron chi connectivity index (χ1n) is 6.54. The Morgan fingerprint density at radius 3 is 2.10 bits per heavy atom. The smallest absolute Gasteiger partial charge is 0.315 e. The molecule has 3 amide bonds. The second kappa shape index (κ2) is 7.12. The van der Waals surface area contributed by atoms with Crippen molar-refractivity contribution in [2.75, 3.05) is 6.54 Å². The van der Waals surface area contributed by atoms with Crippen molar-refractivity contribution in [2.24, 2.45) is 11.1 Å². The molecule has 0 aromatic rings. The van der Waals surface area contributed by atoms with Gasteiger partial charge in [-0.15, -0.1) is 0 Å². The zero-order chi connectivity index (χ0) is 16.0. The molecule has 7 heteroatoms. The van der Waals surface area contributed by atoms with E-state index < -0.39 is 23.4 Å². The van der Waals surface area contributed by atoms with Crippen molar-refractivity contribution in [1.29, 1.82) is 0 Å². The fraction of sp³-hybridized carbons (Fsp3) is 0.769. The van der Waals surface area contributed by atoms with Gasteiger partial charge < -0.3 is 21.5 Å². The number of rotatable bonds is 8. The summed E-state index contributed by atoms with van der Waals surface area (Å²) in [5.41, 5.74) is 3.86. The molecule has 0 saturated heterocycles. The van der Waals surface area contributed by atoms with Crippen LogP contribution in [0, 0.1) is 5.41 Å². The number of hydrogen-bond donors (Lipinski definition) is 4. The van der Waals surface area contributed by atoms with Gasteiger partial charge in [0.05, 0.1) is 0 Å². The van der Waals surface area contributed by atoms with E-state index in [4.69, 9.17) is 10.8 Å². The molecule has 0 aromatic heterocycles. The molecule has 0 saturated carbocycles. The Morgan fingerprint density at radius 2 is 1.65 bits per heavy atom. The first kappa shape index (κ1) is 18.2. The summed E-state index contributed by atoms with van der Waals surface area (Å²) in [6, 6.07) is -0.470. The molecule has 0 aliphatic carbocycles. The summed E-state index contributed by atoms with van der Waals surface area (Å²) in [4.78, 5) is 33.2. The highest BCUT2D eigenvalue weighted by Crippen LogP contribution is 2.25. The van der Waals surface area contributed by atoms with Crippen molar-refractivity contribution >= 4 is 17.9 Å². The molecule has 116 valence electrons. The zero-order valence-electron chi connectivity index (χ0n) is 12.6. The van der Waals surface area contributed by atoms with Gasteiger partial charge in [-0.25, -0.2) is 4.79 Å². The standard InChI is InChI=1S/C13H25N3O4/c1-12(2,6-5-9(17)18)7-8-15-11(20)16-13(3,4)10(14)19/h5-8H2,1-4H3,(H2,14,19)(H,17,18)(H2,15,16,20). The fourth-order valence-corrected chi connectivity index (χ4v) is 1.47. The van der Waals surface area contributed by atoms with Crippen molar-refractivity contribution in [3.05, 3.63) is 0 Å². The molecule has 5 N–H and O–H groups in total. The maximum absolute atomic E-state index is 11.6. The molecule has 0 rings (SSSR count). The number of nitrogens with one attached hydrogen (secondary N) is 2. The van der Waals surface area contributed by atoms with Gasteiger partial charge >= 0.3 is 12.0 Å². The van der Waals surface area contributed by atoms with Gasteiger partial charge in [-0.1, -0.05) is 13.8 Å². The minimum atomic E-state index is -1.11. The third-order valence-electron chi connectivity index (χ3n) is 3.15. The Kier molecular flexibility index (Phi) is 6.48. The van der Waals surface area contributed by atoms with E-state index in [-0.39, 0.29) is 11.8 Å². The highest BCUT2D eigenvalue weighted by Gasteiger charge is 2.27. The van der Waals surface area contributed by atoms with E-state index in [1.54, 1.807) is 0 Å². The van der Waals surface area contributed by atoms with Gasteiger partial charge in [-0.3, -0.25) is 9.59 Å². The van der Waals surface area contributed by atoms with Crippen LogP contribution in [0.2, 0.25) is 0 Å². The van der Waals surface area contributed by atoms with Crippen LogP contribution in [0.4, 0.5) is 4.79 Å². The SMILES string of the molecule is CC(C)(CCNC(=O)NC(C)(C)C(N)=O)CCC(=O)O. The zero-order valence-corrected chi connectivity index (χ0v) is 12.6. The lowest BCUT2D eigenvalue weighted by molar-refractivity contribution is -0.137. The maximum atomic E-state index is 11.6. The van der Waals surface area contributed by atoms with Crippen LogP contribution in [0.5, 0.6) is 0 Å². The number of amides is 3. The summed E-state index contributed by atoms with van der Waals surface area (Å²) in [6.07, 6.45) is 1.29. The minimum absolute atomic E-state index is 0.105. The molecule has 0 aliphatic rings. The largest absolute Gasteiger partial charge is 0.481 e. The predicted molar refractivity (Wildman–Crippen MR) is 75.1 cm³/mol. The van der Waals surface area contributed by atoms with Crippen molar-refractivity contribution in [3.63, 3.8) is 0 Å². The van der Waals surface area contributed by atoms with E-state index in [0.717, 1.165) is 0 Å². The van der Waals surface area contributed by atoms with E-state index in [1.165, 1.54) is 13.8 Å². The first-order chi connectivity index (χ1) is 8.96. The lowest BCUT2D eigenvalue weighted by Crippen LogP contribution is -2.55. The molecule has 0 aliphatic heterocycles. The van der Waals surface area contributed by atoms with Crippen LogP contribution in [-0.4, -0.2) is 35.1 Å². The molecular weight excluding hydrogens is 262 g/mol. The second-order valence-electron chi connectivity index (χ2n) is 6.18. The van der Waals surface area contributed by atoms with E-state index >= 15 is 0 Å². The summed E-state index contributed by atoms with van der Waals surface area (Å²) in [5, 5.41) is 13.8. The van der Waals surface area contributed by atoms with E-state index in [2.05, 4.69) is 10.6 Å². The van der Waals surface area contributed by atoms with E-state index in [9.17, 15) is 14.4 Å². The van der Waals surface area contributed by atoms with Crippen molar-refractivity contribution in [1.82, 2.24) is 10.6 Å². The molecule has 0 bridgehead atoms. The Hall–Kier alpha value is -1.79. The third kappa shape index (κ3) is 7.60. The lowest BCUT2D eigenvalue weighted by Gasteiger charge is -2.25. The summed E-state index contributed by atoms with van der Waals surface area (Å²) < 4.78 is 0. The molecule has 20 heavy (non-hydrogen) atoms. The number of carbonyl (C=O) groups is 3. The number of carboxylic acid groups (broad SMARTS) is 1. The summed E-state index contributed by atoms with van der Waals surface area (Å²) in [5.74, 6) is -1.44. The van der Waals surface area contributed by atoms with Crippen LogP contribution in [0.1, 0.15) is 47.0 Å². The summed E-state index contributed by atoms with van der Waals surface area (Å²) >= 11 is 0. The molecule has 0 unspecified atom stereocenters. The number of urea groups is 1. The Bertz CT molecular complexity index is 378. The molecule has 0 fully saturated rings. The van der Waals surface area contributed by atoms with Crippen LogP contribution in [0.3, 0.4) is 0 Å². The van der Waals surface area contributed by atoms with Gasteiger partial charge in [-0.05, 0) is 32.1 Å². The Labute approximate surface area is 119 Å². The lowest BCUT2D eigenvalue weighted by atomic mass is 9.84. The van der Waals surface area contributed by atoms with Gasteiger partial charge in [-0.2, -0.15) is 0 Å². The number of nitrogens with two attached hydrogens (primary N) is 1. The van der Waals surface area contributed by atoms with Crippen molar-refractivity contribution in [3.8, 4) is 0 Å². The summed E-state index contributed by atoms with van der Waals surface area (Å²) in [7, 11) is 0. The first-order valence-corrected chi connectivity index (χ1v) is 6.54. The topological polar surface area (TPSA) is 122 Å². The molecular formula is C13H25N3O4. The van der Waals surface area contributed by atoms with Crippen LogP contribution >= 0.6 is 0 Å². The predicted octanol–water partition coefficient (Wildman–Crippen LogP) is 0.831. The maximum Gasteiger partial charge on any atom is 0.315 e. The number of aliphatic carboxylic acids is 1. The highest BCUT2D eigenvalue weighted by atomic mass is 16.4. The van der Waals surface area contributed by atoms with Gasteiger partial charge in [0.1, 0.15) is 5.54 Å². The average Bonchev–Trinajstić information content (AvgIpc) is 2.25.